The maximum atomic E-state index is 11.9. The summed E-state index contributed by atoms with van der Waals surface area (Å²) in [6.45, 7) is 7.33. The molecule has 4 aliphatic carbocycles. The van der Waals surface area contributed by atoms with Crippen LogP contribution in [0.4, 0.5) is 0 Å². The van der Waals surface area contributed by atoms with Crippen molar-refractivity contribution < 1.29 is 4.79 Å². The number of hydrogen-bond donors (Lipinski definition) is 0. The van der Waals surface area contributed by atoms with Crippen molar-refractivity contribution in [3.8, 4) is 6.07 Å². The molecule has 0 amide bonds. The number of nitriles is 1. The Labute approximate surface area is 153 Å². The Hall–Kier alpha value is -1.10. The molecule has 25 heavy (non-hydrogen) atoms. The lowest BCUT2D eigenvalue weighted by atomic mass is 9.46. The molecule has 4 rings (SSSR count). The molecular formula is C23H33NO. The van der Waals surface area contributed by atoms with E-state index in [4.69, 9.17) is 5.26 Å². The Morgan fingerprint density at radius 1 is 1.16 bits per heavy atom. The van der Waals surface area contributed by atoms with Crippen molar-refractivity contribution in [1.82, 2.24) is 0 Å². The topological polar surface area (TPSA) is 40.9 Å². The van der Waals surface area contributed by atoms with E-state index in [0.717, 1.165) is 42.9 Å². The molecule has 0 aromatic rings. The molecule has 7 atom stereocenters. The Kier molecular flexibility index (Phi) is 4.13. The summed E-state index contributed by atoms with van der Waals surface area (Å²) in [6, 6.07) is 2.42. The van der Waals surface area contributed by atoms with Crippen LogP contribution >= 0.6 is 0 Å². The van der Waals surface area contributed by atoms with Gasteiger partial charge in [-0.05, 0) is 91.4 Å². The highest BCUT2D eigenvalue weighted by molar-refractivity contribution is 5.91. The molecule has 0 saturated heterocycles. The quantitative estimate of drug-likeness (QED) is 0.649. The Bertz CT molecular complexity index is 643. The molecule has 0 radical (unpaired) electrons. The lowest BCUT2D eigenvalue weighted by Gasteiger charge is -2.58. The summed E-state index contributed by atoms with van der Waals surface area (Å²) < 4.78 is 0. The second-order valence-electron chi connectivity index (χ2n) is 10.0. The van der Waals surface area contributed by atoms with Crippen LogP contribution in [0.5, 0.6) is 0 Å². The molecule has 0 aromatic heterocycles. The molecule has 4 aliphatic rings. The lowest BCUT2D eigenvalue weighted by molar-refractivity contribution is -0.117. The van der Waals surface area contributed by atoms with Crippen LogP contribution in [0.3, 0.4) is 0 Å². The van der Waals surface area contributed by atoms with Gasteiger partial charge in [-0.15, -0.1) is 0 Å². The first-order valence-corrected chi connectivity index (χ1v) is 10.5. The third-order valence-corrected chi connectivity index (χ3v) is 9.14. The predicted octanol–water partition coefficient (Wildman–Crippen LogP) is 5.68. The number of fused-ring (bicyclic) bond motifs is 5. The molecule has 0 heterocycles. The van der Waals surface area contributed by atoms with Gasteiger partial charge in [-0.1, -0.05) is 26.3 Å². The number of allylic oxidation sites excluding steroid dienone is 1. The largest absolute Gasteiger partial charge is 0.295 e. The van der Waals surface area contributed by atoms with E-state index in [9.17, 15) is 4.79 Å². The van der Waals surface area contributed by atoms with E-state index >= 15 is 0 Å². The highest BCUT2D eigenvalue weighted by atomic mass is 16.1. The van der Waals surface area contributed by atoms with Crippen LogP contribution < -0.4 is 0 Å². The van der Waals surface area contributed by atoms with Crippen molar-refractivity contribution in [3.63, 3.8) is 0 Å². The Morgan fingerprint density at radius 3 is 2.72 bits per heavy atom. The van der Waals surface area contributed by atoms with Crippen molar-refractivity contribution in [2.24, 2.45) is 40.4 Å². The monoisotopic (exact) mass is 339 g/mol. The SMILES string of the molecule is C[C@@H](CC#N)[C@H]1CC[C@H]2[C@@H]3CCC4=CC(=O)CC[C@]4(C)[C@H]3CC[C@]12C. The normalized spacial score (nSPS) is 47.1. The summed E-state index contributed by atoms with van der Waals surface area (Å²) in [7, 11) is 0. The van der Waals surface area contributed by atoms with Gasteiger partial charge in [0.25, 0.3) is 0 Å². The van der Waals surface area contributed by atoms with Crippen LogP contribution in [0.2, 0.25) is 0 Å². The van der Waals surface area contributed by atoms with Gasteiger partial charge in [0.2, 0.25) is 0 Å². The second kappa shape index (κ2) is 5.97. The summed E-state index contributed by atoms with van der Waals surface area (Å²) in [6.07, 6.45) is 12.4. The van der Waals surface area contributed by atoms with E-state index in [1.165, 1.54) is 37.7 Å². The molecule has 0 spiro atoms. The summed E-state index contributed by atoms with van der Waals surface area (Å²) in [5.41, 5.74) is 2.20. The fourth-order valence-electron chi connectivity index (χ4n) is 7.82. The third-order valence-electron chi connectivity index (χ3n) is 9.14. The Balaban J connectivity index is 1.62. The molecule has 0 N–H and O–H groups in total. The van der Waals surface area contributed by atoms with E-state index in [0.29, 0.717) is 23.5 Å². The van der Waals surface area contributed by atoms with Crippen LogP contribution in [-0.4, -0.2) is 5.78 Å². The van der Waals surface area contributed by atoms with Crippen molar-refractivity contribution in [2.45, 2.75) is 78.6 Å². The van der Waals surface area contributed by atoms with Crippen LogP contribution in [0, 0.1) is 51.8 Å². The third kappa shape index (κ3) is 2.45. The van der Waals surface area contributed by atoms with Crippen molar-refractivity contribution in [2.75, 3.05) is 0 Å². The minimum atomic E-state index is 0.286. The standard InChI is InChI=1S/C23H33NO/c1-15(10-13-24)19-6-7-20-18-5-4-16-14-17(25)8-11-22(16,2)21(18)9-12-23(19,20)3/h14-15,18-21H,4-12H2,1-3H3/t15-,18-,19+,20-,21-,22-,23+/m0/s1. The molecule has 136 valence electrons. The van der Waals surface area contributed by atoms with Gasteiger partial charge in [0.15, 0.2) is 5.78 Å². The molecule has 0 unspecified atom stereocenters. The van der Waals surface area contributed by atoms with E-state index in [2.05, 4.69) is 26.8 Å². The summed E-state index contributed by atoms with van der Waals surface area (Å²) >= 11 is 0. The summed E-state index contributed by atoms with van der Waals surface area (Å²) in [4.78, 5) is 11.9. The smallest absolute Gasteiger partial charge is 0.155 e. The molecule has 0 aromatic carbocycles. The molecule has 2 heteroatoms. The molecule has 3 fully saturated rings. The van der Waals surface area contributed by atoms with E-state index in [-0.39, 0.29) is 5.41 Å². The van der Waals surface area contributed by atoms with Crippen molar-refractivity contribution >= 4 is 5.78 Å². The van der Waals surface area contributed by atoms with Crippen molar-refractivity contribution in [3.05, 3.63) is 11.6 Å². The zero-order valence-electron chi connectivity index (χ0n) is 16.2. The fourth-order valence-corrected chi connectivity index (χ4v) is 7.82. The first-order chi connectivity index (χ1) is 11.9. The average molecular weight is 340 g/mol. The maximum Gasteiger partial charge on any atom is 0.155 e. The van der Waals surface area contributed by atoms with Gasteiger partial charge in [0, 0.05) is 12.8 Å². The highest BCUT2D eigenvalue weighted by Gasteiger charge is 2.59. The first kappa shape index (κ1) is 17.3. The molecular weight excluding hydrogens is 306 g/mol. The summed E-state index contributed by atoms with van der Waals surface area (Å²) in [5.74, 6) is 4.09. The van der Waals surface area contributed by atoms with Crippen LogP contribution in [0.25, 0.3) is 0 Å². The summed E-state index contributed by atoms with van der Waals surface area (Å²) in [5, 5.41) is 9.17. The second-order valence-corrected chi connectivity index (χ2v) is 10.0. The molecule has 2 nitrogen and oxygen atoms in total. The molecule has 3 saturated carbocycles. The van der Waals surface area contributed by atoms with Gasteiger partial charge < -0.3 is 0 Å². The van der Waals surface area contributed by atoms with Crippen molar-refractivity contribution in [1.29, 1.82) is 5.26 Å². The first-order valence-electron chi connectivity index (χ1n) is 10.5. The number of carbonyl (C=O) groups is 1. The zero-order chi connectivity index (χ0) is 17.8. The lowest BCUT2D eigenvalue weighted by Crippen LogP contribution is -2.50. The minimum Gasteiger partial charge on any atom is -0.295 e. The number of ketones is 1. The molecule has 0 aliphatic heterocycles. The average Bonchev–Trinajstić information content (AvgIpc) is 2.93. The van der Waals surface area contributed by atoms with Gasteiger partial charge in [-0.3, -0.25) is 4.79 Å². The predicted molar refractivity (Wildman–Crippen MR) is 99.6 cm³/mol. The van der Waals surface area contributed by atoms with Crippen LogP contribution in [0.1, 0.15) is 78.6 Å². The van der Waals surface area contributed by atoms with E-state index < -0.39 is 0 Å². The van der Waals surface area contributed by atoms with Crippen LogP contribution in [0.15, 0.2) is 11.6 Å². The number of rotatable bonds is 2. The van der Waals surface area contributed by atoms with E-state index in [1.807, 2.05) is 6.08 Å². The number of carbonyl (C=O) groups excluding carboxylic acids is 1. The number of hydrogen-bond acceptors (Lipinski definition) is 2. The minimum absolute atomic E-state index is 0.286. The van der Waals surface area contributed by atoms with E-state index in [1.54, 1.807) is 0 Å². The molecule has 0 bridgehead atoms. The van der Waals surface area contributed by atoms with Gasteiger partial charge in [0.1, 0.15) is 0 Å². The number of nitrogens with zero attached hydrogens (tertiary/aromatic N) is 1. The van der Waals surface area contributed by atoms with Gasteiger partial charge >= 0.3 is 0 Å². The maximum absolute atomic E-state index is 11.9. The van der Waals surface area contributed by atoms with Gasteiger partial charge in [0.05, 0.1) is 6.07 Å². The highest BCUT2D eigenvalue weighted by Crippen LogP contribution is 2.67. The van der Waals surface area contributed by atoms with Gasteiger partial charge in [-0.2, -0.15) is 5.26 Å². The fraction of sp³-hybridized carbons (Fsp3) is 0.826. The Morgan fingerprint density at radius 2 is 1.96 bits per heavy atom. The van der Waals surface area contributed by atoms with Crippen LogP contribution in [-0.2, 0) is 4.79 Å². The van der Waals surface area contributed by atoms with Gasteiger partial charge in [-0.25, -0.2) is 0 Å². The zero-order valence-corrected chi connectivity index (χ0v) is 16.2.